The Bertz CT molecular complexity index is 738. The molecule has 0 saturated heterocycles. The van der Waals surface area contributed by atoms with Crippen LogP contribution in [0.15, 0.2) is 36.5 Å². The number of nitrogens with zero attached hydrogens (tertiary/aromatic N) is 2. The van der Waals surface area contributed by atoms with Crippen molar-refractivity contribution in [2.75, 3.05) is 37.9 Å². The Hall–Kier alpha value is -1.88. The summed E-state index contributed by atoms with van der Waals surface area (Å²) in [5, 5.41) is 0. The zero-order valence-electron chi connectivity index (χ0n) is 15.2. The molecule has 0 aliphatic heterocycles. The van der Waals surface area contributed by atoms with Crippen molar-refractivity contribution in [3.05, 3.63) is 42.1 Å². The van der Waals surface area contributed by atoms with Crippen molar-refractivity contribution in [3.63, 3.8) is 0 Å². The summed E-state index contributed by atoms with van der Waals surface area (Å²) in [5.74, 6) is 0.341. The van der Waals surface area contributed by atoms with Gasteiger partial charge in [-0.05, 0) is 37.6 Å². The van der Waals surface area contributed by atoms with E-state index in [1.807, 2.05) is 49.3 Å². The number of nitrogens with two attached hydrogens (primary N) is 1. The van der Waals surface area contributed by atoms with Crippen LogP contribution in [0.5, 0.6) is 0 Å². The summed E-state index contributed by atoms with van der Waals surface area (Å²) in [6.45, 7) is 4.21. The van der Waals surface area contributed by atoms with E-state index in [0.717, 1.165) is 16.8 Å². The quantitative estimate of drug-likeness (QED) is 0.710. The van der Waals surface area contributed by atoms with Gasteiger partial charge in [0.15, 0.2) is 0 Å². The van der Waals surface area contributed by atoms with Gasteiger partial charge in [-0.25, -0.2) is 4.98 Å². The molecule has 0 aliphatic carbocycles. The van der Waals surface area contributed by atoms with Gasteiger partial charge in [-0.2, -0.15) is 0 Å². The highest BCUT2D eigenvalue weighted by Crippen LogP contribution is 2.52. The Labute approximate surface area is 149 Å². The molecule has 7 heteroatoms. The number of aromatic nitrogens is 1. The van der Waals surface area contributed by atoms with Crippen LogP contribution in [0.2, 0.25) is 0 Å². The van der Waals surface area contributed by atoms with Crippen molar-refractivity contribution in [3.8, 4) is 11.1 Å². The predicted octanol–water partition coefficient (Wildman–Crippen LogP) is 4.16. The second-order valence-corrected chi connectivity index (χ2v) is 7.87. The van der Waals surface area contributed by atoms with E-state index < -0.39 is 7.60 Å². The van der Waals surface area contributed by atoms with E-state index in [0.29, 0.717) is 24.6 Å². The third kappa shape index (κ3) is 5.05. The van der Waals surface area contributed by atoms with Gasteiger partial charge in [-0.1, -0.05) is 12.1 Å². The number of anilines is 2. The molecule has 0 atom stereocenters. The van der Waals surface area contributed by atoms with Gasteiger partial charge in [0, 0.05) is 37.1 Å². The van der Waals surface area contributed by atoms with Gasteiger partial charge in [0.25, 0.3) is 0 Å². The van der Waals surface area contributed by atoms with E-state index in [2.05, 4.69) is 4.98 Å². The van der Waals surface area contributed by atoms with Gasteiger partial charge in [-0.15, -0.1) is 0 Å². The lowest BCUT2D eigenvalue weighted by Crippen LogP contribution is -2.08. The number of hydrogen-bond donors (Lipinski definition) is 1. The molecule has 0 spiro atoms. The summed E-state index contributed by atoms with van der Waals surface area (Å²) in [4.78, 5) is 6.29. The van der Waals surface area contributed by atoms with E-state index in [1.54, 1.807) is 20.0 Å². The van der Waals surface area contributed by atoms with Gasteiger partial charge in [-0.3, -0.25) is 4.57 Å². The maximum Gasteiger partial charge on any atom is 0.335 e. The van der Waals surface area contributed by atoms with Gasteiger partial charge >= 0.3 is 7.60 Å². The van der Waals surface area contributed by atoms with Crippen LogP contribution in [0.4, 0.5) is 11.5 Å². The molecule has 1 aromatic carbocycles. The molecule has 2 aromatic rings. The standard InChI is InChI=1S/C18H26N3O3P/c1-5-23-25(22,24-6-2)13-16-11-15(12-20-18(16)19)14-7-9-17(10-8-14)21(3)4/h7-12H,5-6,13H2,1-4H3,(H2,19,20). The van der Waals surface area contributed by atoms with Crippen molar-refractivity contribution in [2.45, 2.75) is 20.0 Å². The molecule has 0 saturated carbocycles. The Morgan fingerprint density at radius 3 is 2.20 bits per heavy atom. The molecule has 2 N–H and O–H groups in total. The SMILES string of the molecule is CCOP(=O)(Cc1cc(-c2ccc(N(C)C)cc2)cnc1N)OCC. The van der Waals surface area contributed by atoms with E-state index >= 15 is 0 Å². The zero-order valence-corrected chi connectivity index (χ0v) is 16.1. The Morgan fingerprint density at radius 2 is 1.68 bits per heavy atom. The average molecular weight is 363 g/mol. The smallest absolute Gasteiger partial charge is 0.335 e. The first-order valence-electron chi connectivity index (χ1n) is 8.28. The third-order valence-corrected chi connectivity index (χ3v) is 5.77. The van der Waals surface area contributed by atoms with E-state index in [4.69, 9.17) is 14.8 Å². The fourth-order valence-electron chi connectivity index (χ4n) is 2.49. The predicted molar refractivity (Wildman–Crippen MR) is 103 cm³/mol. The second kappa shape index (κ2) is 8.48. The first-order valence-corrected chi connectivity index (χ1v) is 10.0. The highest BCUT2D eigenvalue weighted by Gasteiger charge is 2.25. The number of pyridine rings is 1. The summed E-state index contributed by atoms with van der Waals surface area (Å²) >= 11 is 0. The average Bonchev–Trinajstić information content (AvgIpc) is 2.57. The molecule has 25 heavy (non-hydrogen) atoms. The van der Waals surface area contributed by atoms with E-state index in [-0.39, 0.29) is 6.16 Å². The van der Waals surface area contributed by atoms with Crippen LogP contribution < -0.4 is 10.6 Å². The molecule has 136 valence electrons. The molecule has 0 unspecified atom stereocenters. The molecule has 0 radical (unpaired) electrons. The maximum atomic E-state index is 12.8. The van der Waals surface area contributed by atoms with Crippen molar-refractivity contribution >= 4 is 19.1 Å². The Kier molecular flexibility index (Phi) is 6.59. The van der Waals surface area contributed by atoms with E-state index in [9.17, 15) is 4.57 Å². The lowest BCUT2D eigenvalue weighted by Gasteiger charge is -2.18. The summed E-state index contributed by atoms with van der Waals surface area (Å²) in [6, 6.07) is 10.0. The summed E-state index contributed by atoms with van der Waals surface area (Å²) < 4.78 is 23.5. The Morgan fingerprint density at radius 1 is 1.08 bits per heavy atom. The molecular formula is C18H26N3O3P. The van der Waals surface area contributed by atoms with Crippen molar-refractivity contribution < 1.29 is 13.6 Å². The van der Waals surface area contributed by atoms with Crippen molar-refractivity contribution in [2.24, 2.45) is 0 Å². The lowest BCUT2D eigenvalue weighted by atomic mass is 10.1. The van der Waals surface area contributed by atoms with Crippen LogP contribution >= 0.6 is 7.60 Å². The molecule has 0 amide bonds. The second-order valence-electron chi connectivity index (χ2n) is 5.81. The fraction of sp³-hybridized carbons (Fsp3) is 0.389. The molecule has 6 nitrogen and oxygen atoms in total. The van der Waals surface area contributed by atoms with Gasteiger partial charge < -0.3 is 19.7 Å². The van der Waals surface area contributed by atoms with Crippen LogP contribution in [0.25, 0.3) is 11.1 Å². The highest BCUT2D eigenvalue weighted by atomic mass is 31.2. The monoisotopic (exact) mass is 363 g/mol. The zero-order chi connectivity index (χ0) is 18.4. The molecule has 1 heterocycles. The van der Waals surface area contributed by atoms with Crippen LogP contribution in [0, 0.1) is 0 Å². The molecule has 2 rings (SSSR count). The summed E-state index contributed by atoms with van der Waals surface area (Å²) in [5.41, 5.74) is 9.69. The minimum atomic E-state index is -3.23. The minimum Gasteiger partial charge on any atom is -0.383 e. The molecule has 0 aliphatic rings. The van der Waals surface area contributed by atoms with Crippen molar-refractivity contribution in [1.29, 1.82) is 0 Å². The normalized spacial score (nSPS) is 11.5. The number of nitrogen functional groups attached to an aromatic ring is 1. The number of hydrogen-bond acceptors (Lipinski definition) is 6. The Balaban J connectivity index is 2.32. The van der Waals surface area contributed by atoms with Crippen LogP contribution in [0.3, 0.4) is 0 Å². The number of benzene rings is 1. The van der Waals surface area contributed by atoms with E-state index in [1.165, 1.54) is 0 Å². The topological polar surface area (TPSA) is 77.7 Å². The van der Waals surface area contributed by atoms with Gasteiger partial charge in [0.05, 0.1) is 19.4 Å². The number of rotatable bonds is 8. The molecule has 0 fully saturated rings. The van der Waals surface area contributed by atoms with Crippen LogP contribution in [-0.2, 0) is 19.8 Å². The van der Waals surface area contributed by atoms with Gasteiger partial charge in [0.1, 0.15) is 5.82 Å². The third-order valence-electron chi connectivity index (χ3n) is 3.73. The minimum absolute atomic E-state index is 0.108. The van der Waals surface area contributed by atoms with Crippen LogP contribution in [0.1, 0.15) is 19.4 Å². The largest absolute Gasteiger partial charge is 0.383 e. The molecule has 0 bridgehead atoms. The fourth-order valence-corrected chi connectivity index (χ4v) is 4.20. The van der Waals surface area contributed by atoms with Crippen molar-refractivity contribution in [1.82, 2.24) is 4.98 Å². The molecular weight excluding hydrogens is 337 g/mol. The van der Waals surface area contributed by atoms with Crippen LogP contribution in [-0.4, -0.2) is 32.3 Å². The lowest BCUT2D eigenvalue weighted by molar-refractivity contribution is 0.219. The molecule has 1 aromatic heterocycles. The maximum absolute atomic E-state index is 12.8. The summed E-state index contributed by atoms with van der Waals surface area (Å²) in [7, 11) is 0.767. The summed E-state index contributed by atoms with van der Waals surface area (Å²) in [6.07, 6.45) is 1.83. The first kappa shape index (κ1) is 19.4. The van der Waals surface area contributed by atoms with Gasteiger partial charge in [0.2, 0.25) is 0 Å². The highest BCUT2D eigenvalue weighted by molar-refractivity contribution is 7.53. The first-order chi connectivity index (χ1) is 11.9.